The minimum Gasteiger partial charge on any atom is -0.354 e. The summed E-state index contributed by atoms with van der Waals surface area (Å²) in [6.45, 7) is 0. The molecule has 2 aromatic heterocycles. The first-order valence-electron chi connectivity index (χ1n) is 8.00. The number of benzene rings is 3. The van der Waals surface area contributed by atoms with Gasteiger partial charge in [-0.25, -0.2) is 13.2 Å². The van der Waals surface area contributed by atoms with E-state index in [1.54, 1.807) is 12.1 Å². The first kappa shape index (κ1) is 14.4. The molecule has 5 heteroatoms. The number of aromatic nitrogens is 2. The number of hydrogen-bond acceptors (Lipinski definition) is 0. The van der Waals surface area contributed by atoms with Gasteiger partial charge in [-0.2, -0.15) is 0 Å². The predicted octanol–water partition coefficient (Wildman–Crippen LogP) is 6.23. The van der Waals surface area contributed by atoms with Crippen LogP contribution in [0.1, 0.15) is 11.7 Å². The molecule has 5 rings (SSSR count). The molecule has 0 saturated carbocycles. The number of fused-ring (bicyclic) bond motifs is 6. The first-order chi connectivity index (χ1) is 12.1. The maximum Gasteiger partial charge on any atom is 0.273 e. The van der Waals surface area contributed by atoms with E-state index in [0.29, 0.717) is 10.9 Å². The summed E-state index contributed by atoms with van der Waals surface area (Å²) in [7, 11) is 0. The lowest BCUT2D eigenvalue weighted by molar-refractivity contribution is 0.0504. The zero-order valence-electron chi connectivity index (χ0n) is 13.0. The fourth-order valence-electron chi connectivity index (χ4n) is 3.69. The van der Waals surface area contributed by atoms with Gasteiger partial charge in [0.15, 0.2) is 6.17 Å². The van der Waals surface area contributed by atoms with Crippen molar-refractivity contribution < 1.29 is 13.2 Å². The van der Waals surface area contributed by atoms with E-state index >= 15 is 0 Å². The van der Waals surface area contributed by atoms with E-state index in [4.69, 9.17) is 0 Å². The highest BCUT2D eigenvalue weighted by molar-refractivity contribution is 6.18. The zero-order chi connectivity index (χ0) is 17.1. The lowest BCUT2D eigenvalue weighted by atomic mass is 10.0. The number of halogens is 3. The van der Waals surface area contributed by atoms with Gasteiger partial charge in [0.05, 0.1) is 0 Å². The molecule has 0 aliphatic heterocycles. The van der Waals surface area contributed by atoms with Crippen LogP contribution in [-0.4, -0.2) is 16.4 Å². The normalized spacial score (nSPS) is 13.6. The van der Waals surface area contributed by atoms with Crippen LogP contribution in [0, 0.1) is 0 Å². The van der Waals surface area contributed by atoms with E-state index < -0.39 is 12.6 Å². The van der Waals surface area contributed by atoms with E-state index in [9.17, 15) is 13.2 Å². The second kappa shape index (κ2) is 5.02. The van der Waals surface area contributed by atoms with Gasteiger partial charge >= 0.3 is 0 Å². The summed E-state index contributed by atoms with van der Waals surface area (Å²) in [5.74, 6) is 0. The van der Waals surface area contributed by atoms with Crippen molar-refractivity contribution in [2.75, 3.05) is 0 Å². The van der Waals surface area contributed by atoms with Crippen molar-refractivity contribution >= 4 is 43.6 Å². The number of nitrogens with one attached hydrogen (secondary N) is 2. The average molecular weight is 338 g/mol. The van der Waals surface area contributed by atoms with E-state index in [0.717, 1.165) is 32.7 Å². The second-order valence-electron chi connectivity index (χ2n) is 6.24. The Bertz CT molecular complexity index is 1250. The fourth-order valence-corrected chi connectivity index (χ4v) is 3.69. The van der Waals surface area contributed by atoms with Crippen LogP contribution in [0.5, 0.6) is 0 Å². The van der Waals surface area contributed by atoms with Crippen molar-refractivity contribution in [3.63, 3.8) is 0 Å². The number of H-pyrrole nitrogens is 2. The molecule has 0 bridgehead atoms. The van der Waals surface area contributed by atoms with Crippen LogP contribution in [-0.2, 0) is 0 Å². The third kappa shape index (κ3) is 1.98. The van der Waals surface area contributed by atoms with Crippen molar-refractivity contribution in [3.05, 3.63) is 60.2 Å². The number of alkyl halides is 3. The van der Waals surface area contributed by atoms with Crippen molar-refractivity contribution in [2.45, 2.75) is 12.6 Å². The molecule has 2 heterocycles. The van der Waals surface area contributed by atoms with Gasteiger partial charge in [-0.1, -0.05) is 30.3 Å². The molecule has 0 aliphatic carbocycles. The summed E-state index contributed by atoms with van der Waals surface area (Å²) >= 11 is 0. The van der Waals surface area contributed by atoms with Gasteiger partial charge in [0.25, 0.3) is 6.43 Å². The second-order valence-corrected chi connectivity index (χ2v) is 6.24. The van der Waals surface area contributed by atoms with Crippen LogP contribution in [0.25, 0.3) is 43.6 Å². The Morgan fingerprint density at radius 3 is 2.20 bits per heavy atom. The summed E-state index contributed by atoms with van der Waals surface area (Å²) in [4.78, 5) is 6.57. The molecule has 0 aliphatic rings. The third-order valence-corrected chi connectivity index (χ3v) is 4.80. The smallest absolute Gasteiger partial charge is 0.273 e. The molecule has 25 heavy (non-hydrogen) atoms. The zero-order valence-corrected chi connectivity index (χ0v) is 13.0. The summed E-state index contributed by atoms with van der Waals surface area (Å²) in [6, 6.07) is 16.6. The molecule has 0 fully saturated rings. The highest BCUT2D eigenvalue weighted by atomic mass is 19.3. The minimum atomic E-state index is -3.05. The molecule has 0 spiro atoms. The highest BCUT2D eigenvalue weighted by Gasteiger charge is 2.25. The molecule has 1 unspecified atom stereocenters. The number of para-hydroxylation sites is 1. The van der Waals surface area contributed by atoms with Gasteiger partial charge in [0.1, 0.15) is 0 Å². The average Bonchev–Trinajstić information content (AvgIpc) is 3.16. The largest absolute Gasteiger partial charge is 0.354 e. The maximum atomic E-state index is 14.1. The highest BCUT2D eigenvalue weighted by Crippen LogP contribution is 2.38. The van der Waals surface area contributed by atoms with Crippen molar-refractivity contribution in [3.8, 4) is 0 Å². The Kier molecular flexibility index (Phi) is 2.89. The molecule has 3 aromatic carbocycles. The van der Waals surface area contributed by atoms with Crippen LogP contribution in [0.15, 0.2) is 54.6 Å². The van der Waals surface area contributed by atoms with Crippen molar-refractivity contribution in [1.82, 2.24) is 9.97 Å². The van der Waals surface area contributed by atoms with E-state index in [2.05, 4.69) is 9.97 Å². The molecule has 1 atom stereocenters. The Hall–Kier alpha value is -2.95. The Labute approximate surface area is 140 Å². The van der Waals surface area contributed by atoms with Crippen LogP contribution < -0.4 is 0 Å². The van der Waals surface area contributed by atoms with Gasteiger partial charge in [0.2, 0.25) is 0 Å². The predicted molar refractivity (Wildman–Crippen MR) is 95.0 cm³/mol. The van der Waals surface area contributed by atoms with Gasteiger partial charge in [-0.15, -0.1) is 0 Å². The Morgan fingerprint density at radius 2 is 1.36 bits per heavy atom. The first-order valence-corrected chi connectivity index (χ1v) is 8.00. The fraction of sp³-hybridized carbons (Fsp3) is 0.100. The molecular formula is C20H13F3N2. The lowest BCUT2D eigenvalue weighted by Crippen LogP contribution is -2.03. The van der Waals surface area contributed by atoms with Crippen LogP contribution >= 0.6 is 0 Å². The summed E-state index contributed by atoms with van der Waals surface area (Å²) in [6.07, 6.45) is -5.35. The number of hydrogen-bond donors (Lipinski definition) is 2. The molecule has 0 amide bonds. The molecular weight excluding hydrogens is 325 g/mol. The number of rotatable bonds is 2. The lowest BCUT2D eigenvalue weighted by Gasteiger charge is -2.09. The van der Waals surface area contributed by atoms with Crippen LogP contribution in [0.4, 0.5) is 13.2 Å². The molecule has 5 aromatic rings. The SMILES string of the molecule is FC(F)C(F)c1cccc2[nH]c3cc4[nH]c5ccccc5c4cc3c12. The quantitative estimate of drug-likeness (QED) is 0.382. The molecule has 0 saturated heterocycles. The van der Waals surface area contributed by atoms with Gasteiger partial charge < -0.3 is 9.97 Å². The summed E-state index contributed by atoms with van der Waals surface area (Å²) in [5, 5.41) is 3.33. The maximum absolute atomic E-state index is 14.1. The topological polar surface area (TPSA) is 31.6 Å². The Morgan fingerprint density at radius 1 is 0.640 bits per heavy atom. The summed E-state index contributed by atoms with van der Waals surface area (Å²) < 4.78 is 40.1. The molecule has 2 N–H and O–H groups in total. The Balaban J connectivity index is 1.93. The molecule has 0 radical (unpaired) electrons. The third-order valence-electron chi connectivity index (χ3n) is 4.80. The molecule has 2 nitrogen and oxygen atoms in total. The standard InChI is InChI=1S/C20H13F3N2/c21-19(20(22)23)11-5-3-7-15-18(11)13-8-12-10-4-1-2-6-14(10)24-16(12)9-17(13)25-15/h1-9,19-20,24-25H. The van der Waals surface area contributed by atoms with Crippen molar-refractivity contribution in [1.29, 1.82) is 0 Å². The van der Waals surface area contributed by atoms with Gasteiger partial charge in [-0.05, 0) is 24.3 Å². The van der Waals surface area contributed by atoms with E-state index in [1.165, 1.54) is 6.07 Å². The van der Waals surface area contributed by atoms with Crippen molar-refractivity contribution in [2.24, 2.45) is 0 Å². The monoisotopic (exact) mass is 338 g/mol. The minimum absolute atomic E-state index is 0.0259. The molecule has 124 valence electrons. The summed E-state index contributed by atoms with van der Waals surface area (Å²) in [5.41, 5.74) is 3.44. The van der Waals surface area contributed by atoms with Crippen LogP contribution in [0.2, 0.25) is 0 Å². The number of aromatic amines is 2. The van der Waals surface area contributed by atoms with Gasteiger partial charge in [0, 0.05) is 49.2 Å². The van der Waals surface area contributed by atoms with Gasteiger partial charge in [-0.3, -0.25) is 0 Å². The van der Waals surface area contributed by atoms with E-state index in [-0.39, 0.29) is 5.56 Å². The van der Waals surface area contributed by atoms with Crippen LogP contribution in [0.3, 0.4) is 0 Å². The van der Waals surface area contributed by atoms with E-state index in [1.807, 2.05) is 36.4 Å².